The molecule has 1 aromatic heterocycles. The third-order valence-corrected chi connectivity index (χ3v) is 6.06. The second-order valence-electron chi connectivity index (χ2n) is 11.0. The summed E-state index contributed by atoms with van der Waals surface area (Å²) in [6.45, 7) is 12.3. The molecular formula is C31H40N2O4. The van der Waals surface area contributed by atoms with Gasteiger partial charge in [-0.2, -0.15) is 0 Å². The van der Waals surface area contributed by atoms with E-state index in [2.05, 4.69) is 68.6 Å². The minimum Gasteiger partial charge on any atom is -0.469 e. The zero-order chi connectivity index (χ0) is 27.2. The lowest BCUT2D eigenvalue weighted by Crippen LogP contribution is -2.32. The lowest BCUT2D eigenvalue weighted by Gasteiger charge is -2.22. The Hall–Kier alpha value is -3.41. The van der Waals surface area contributed by atoms with Crippen LogP contribution in [0.15, 0.2) is 42.5 Å². The molecule has 0 radical (unpaired) electrons. The van der Waals surface area contributed by atoms with Crippen LogP contribution in [0.1, 0.15) is 69.8 Å². The van der Waals surface area contributed by atoms with Crippen LogP contribution in [0, 0.1) is 12.8 Å². The zero-order valence-electron chi connectivity index (χ0n) is 23.2. The van der Waals surface area contributed by atoms with Crippen LogP contribution >= 0.6 is 0 Å². The Morgan fingerprint density at radius 2 is 1.76 bits per heavy atom. The summed E-state index contributed by atoms with van der Waals surface area (Å²) in [6, 6.07) is 14.8. The smallest absolute Gasteiger partial charge is 0.407 e. The number of carbonyl (C=O) groups is 2. The van der Waals surface area contributed by atoms with E-state index in [9.17, 15) is 9.59 Å². The Kier molecular flexibility index (Phi) is 9.30. The summed E-state index contributed by atoms with van der Waals surface area (Å²) in [6.07, 6.45) is 2.20. The van der Waals surface area contributed by atoms with Crippen molar-refractivity contribution in [2.75, 3.05) is 7.11 Å². The highest BCUT2D eigenvalue weighted by Crippen LogP contribution is 2.35. The predicted octanol–water partition coefficient (Wildman–Crippen LogP) is 6.93. The average molecular weight is 505 g/mol. The Morgan fingerprint density at radius 1 is 1.05 bits per heavy atom. The number of carbonyl (C=O) groups excluding carboxylic acids is 2. The maximum Gasteiger partial charge on any atom is 0.407 e. The van der Waals surface area contributed by atoms with E-state index in [0.717, 1.165) is 51.7 Å². The standard InChI is InChI=1S/C31H40N2O4/c1-20(2)17-27-25(19-32-30(35)37-31(4,5)6)29(23-14-11-21(3)12-15-23)24-18-22(13-16-26(24)33-27)9-8-10-28(34)36-7/h11-16,18,20H,8-10,17,19H2,1-7H3,(H,32,35). The van der Waals surface area contributed by atoms with Crippen LogP contribution in [0.5, 0.6) is 0 Å². The van der Waals surface area contributed by atoms with Gasteiger partial charge in [-0.05, 0) is 81.7 Å². The quantitative estimate of drug-likeness (QED) is 0.320. The molecule has 1 amide bonds. The molecule has 2 aromatic carbocycles. The van der Waals surface area contributed by atoms with Gasteiger partial charge in [0.05, 0.1) is 12.6 Å². The number of aryl methyl sites for hydroxylation is 2. The summed E-state index contributed by atoms with van der Waals surface area (Å²) in [5.74, 6) is 0.199. The first-order valence-electron chi connectivity index (χ1n) is 13.0. The van der Waals surface area contributed by atoms with Crippen molar-refractivity contribution in [3.8, 4) is 11.1 Å². The zero-order valence-corrected chi connectivity index (χ0v) is 23.2. The number of fused-ring (bicyclic) bond motifs is 1. The SMILES string of the molecule is COC(=O)CCCc1ccc2nc(CC(C)C)c(CNC(=O)OC(C)(C)C)c(-c3ccc(C)cc3)c2c1. The fourth-order valence-electron chi connectivity index (χ4n) is 4.37. The molecule has 0 spiro atoms. The van der Waals surface area contributed by atoms with Gasteiger partial charge in [0.25, 0.3) is 0 Å². The van der Waals surface area contributed by atoms with E-state index in [1.807, 2.05) is 20.8 Å². The number of hydrogen-bond donors (Lipinski definition) is 1. The number of esters is 1. The van der Waals surface area contributed by atoms with Crippen LogP contribution in [0.25, 0.3) is 22.0 Å². The number of nitrogens with one attached hydrogen (secondary N) is 1. The number of hydrogen-bond acceptors (Lipinski definition) is 5. The predicted molar refractivity (Wildman–Crippen MR) is 148 cm³/mol. The number of pyridine rings is 1. The van der Waals surface area contributed by atoms with Gasteiger partial charge in [0.2, 0.25) is 0 Å². The number of benzene rings is 2. The summed E-state index contributed by atoms with van der Waals surface area (Å²) in [5.41, 5.74) is 6.79. The topological polar surface area (TPSA) is 77.5 Å². The van der Waals surface area contributed by atoms with Crippen LogP contribution in [0.4, 0.5) is 4.79 Å². The largest absolute Gasteiger partial charge is 0.469 e. The fourth-order valence-corrected chi connectivity index (χ4v) is 4.37. The monoisotopic (exact) mass is 504 g/mol. The van der Waals surface area contributed by atoms with E-state index in [1.165, 1.54) is 12.7 Å². The lowest BCUT2D eigenvalue weighted by molar-refractivity contribution is -0.140. The van der Waals surface area contributed by atoms with Crippen LogP contribution in [0.3, 0.4) is 0 Å². The van der Waals surface area contributed by atoms with Gasteiger partial charge in [0.1, 0.15) is 5.60 Å². The maximum absolute atomic E-state index is 12.6. The van der Waals surface area contributed by atoms with E-state index in [0.29, 0.717) is 25.3 Å². The van der Waals surface area contributed by atoms with Crippen molar-refractivity contribution in [3.05, 3.63) is 64.8 Å². The summed E-state index contributed by atoms with van der Waals surface area (Å²) in [7, 11) is 1.42. The Bertz CT molecular complexity index is 1240. The minimum atomic E-state index is -0.578. The van der Waals surface area contributed by atoms with Crippen molar-refractivity contribution in [2.45, 2.75) is 79.4 Å². The van der Waals surface area contributed by atoms with Crippen molar-refractivity contribution in [3.63, 3.8) is 0 Å². The Morgan fingerprint density at radius 3 is 2.38 bits per heavy atom. The normalized spacial score (nSPS) is 11.6. The van der Waals surface area contributed by atoms with E-state index in [4.69, 9.17) is 14.5 Å². The molecule has 198 valence electrons. The van der Waals surface area contributed by atoms with E-state index < -0.39 is 11.7 Å². The number of ether oxygens (including phenoxy) is 2. The molecule has 0 aliphatic heterocycles. The molecule has 0 aliphatic carbocycles. The van der Waals surface area contributed by atoms with Gasteiger partial charge in [0.15, 0.2) is 0 Å². The van der Waals surface area contributed by atoms with Crippen molar-refractivity contribution >= 4 is 23.0 Å². The van der Waals surface area contributed by atoms with Crippen LogP contribution in [-0.4, -0.2) is 29.8 Å². The number of nitrogens with zero attached hydrogens (tertiary/aromatic N) is 1. The molecule has 6 nitrogen and oxygen atoms in total. The summed E-state index contributed by atoms with van der Waals surface area (Å²) >= 11 is 0. The highest BCUT2D eigenvalue weighted by atomic mass is 16.6. The minimum absolute atomic E-state index is 0.198. The lowest BCUT2D eigenvalue weighted by atomic mass is 9.90. The molecule has 0 atom stereocenters. The molecule has 3 aromatic rings. The molecule has 0 aliphatic rings. The third kappa shape index (κ3) is 8.04. The highest BCUT2D eigenvalue weighted by Gasteiger charge is 2.21. The highest BCUT2D eigenvalue weighted by molar-refractivity contribution is 5.97. The van der Waals surface area contributed by atoms with E-state index >= 15 is 0 Å². The molecule has 0 saturated carbocycles. The van der Waals surface area contributed by atoms with Crippen LogP contribution in [0.2, 0.25) is 0 Å². The molecule has 0 fully saturated rings. The third-order valence-electron chi connectivity index (χ3n) is 6.06. The van der Waals surface area contributed by atoms with Gasteiger partial charge in [-0.1, -0.05) is 49.7 Å². The molecule has 37 heavy (non-hydrogen) atoms. The summed E-state index contributed by atoms with van der Waals surface area (Å²) < 4.78 is 10.3. The molecule has 0 saturated heterocycles. The Balaban J connectivity index is 2.13. The summed E-state index contributed by atoms with van der Waals surface area (Å²) in [5, 5.41) is 4.01. The number of alkyl carbamates (subject to hydrolysis) is 1. The number of rotatable bonds is 9. The van der Waals surface area contributed by atoms with Gasteiger partial charge in [-0.25, -0.2) is 4.79 Å². The van der Waals surface area contributed by atoms with Gasteiger partial charge in [-0.3, -0.25) is 9.78 Å². The van der Waals surface area contributed by atoms with Gasteiger partial charge >= 0.3 is 12.1 Å². The summed E-state index contributed by atoms with van der Waals surface area (Å²) in [4.78, 5) is 29.2. The molecule has 0 bridgehead atoms. The van der Waals surface area contributed by atoms with E-state index in [-0.39, 0.29) is 5.97 Å². The van der Waals surface area contributed by atoms with Crippen LogP contribution in [-0.2, 0) is 33.7 Å². The molecule has 3 rings (SSSR count). The van der Waals surface area contributed by atoms with Crippen molar-refractivity contribution in [1.82, 2.24) is 10.3 Å². The molecule has 1 N–H and O–H groups in total. The van der Waals surface area contributed by atoms with Crippen LogP contribution < -0.4 is 5.32 Å². The van der Waals surface area contributed by atoms with Crippen molar-refractivity contribution in [2.24, 2.45) is 5.92 Å². The fraction of sp³-hybridized carbons (Fsp3) is 0.452. The Labute approximate surface area is 220 Å². The number of aromatic nitrogens is 1. The van der Waals surface area contributed by atoms with Gasteiger partial charge < -0.3 is 14.8 Å². The second-order valence-corrected chi connectivity index (χ2v) is 11.0. The molecule has 1 heterocycles. The molecule has 0 unspecified atom stereocenters. The number of amides is 1. The van der Waals surface area contributed by atoms with Crippen molar-refractivity contribution < 1.29 is 19.1 Å². The second kappa shape index (κ2) is 12.2. The maximum atomic E-state index is 12.6. The molecule has 6 heteroatoms. The first-order chi connectivity index (χ1) is 17.5. The number of methoxy groups -OCH3 is 1. The first kappa shape index (κ1) is 28.2. The first-order valence-corrected chi connectivity index (χ1v) is 13.0. The van der Waals surface area contributed by atoms with Gasteiger partial charge in [-0.15, -0.1) is 0 Å². The van der Waals surface area contributed by atoms with Crippen molar-refractivity contribution in [1.29, 1.82) is 0 Å². The van der Waals surface area contributed by atoms with E-state index in [1.54, 1.807) is 0 Å². The average Bonchev–Trinajstić information content (AvgIpc) is 2.81. The van der Waals surface area contributed by atoms with Gasteiger partial charge in [0, 0.05) is 29.6 Å². The molecular weight excluding hydrogens is 464 g/mol.